The van der Waals surface area contributed by atoms with Gasteiger partial charge in [-0.25, -0.2) is 13.2 Å². The van der Waals surface area contributed by atoms with Crippen molar-refractivity contribution in [3.05, 3.63) is 70.4 Å². The zero-order valence-electron chi connectivity index (χ0n) is 17.0. The molecule has 9 nitrogen and oxygen atoms in total. The van der Waals surface area contributed by atoms with E-state index < -0.39 is 16.0 Å². The molecular weight excluding hydrogens is 454 g/mol. The van der Waals surface area contributed by atoms with Crippen molar-refractivity contribution in [2.24, 2.45) is 0 Å². The summed E-state index contributed by atoms with van der Waals surface area (Å²) in [5.74, 6) is -1.26. The molecule has 0 aliphatic carbocycles. The number of esters is 1. The molecular formula is C21H19N3O6S2. The van der Waals surface area contributed by atoms with E-state index in [0.717, 1.165) is 6.26 Å². The highest BCUT2D eigenvalue weighted by Crippen LogP contribution is 2.25. The van der Waals surface area contributed by atoms with E-state index >= 15 is 0 Å². The molecule has 1 heterocycles. The third-order valence-electron chi connectivity index (χ3n) is 3.92. The average Bonchev–Trinajstić information content (AvgIpc) is 3.24. The standard InChI is InChI=1S/C21H19N3O6S2/c1-13(25)22-15-7-10-18(24-32(2,28)29)17(12-15)21(27)30-16-8-5-14(6-9-16)23-20(26)19-4-3-11-31-19/h3-12,24H,1-2H3,(H,22,25)(H,23,26). The monoisotopic (exact) mass is 473 g/mol. The lowest BCUT2D eigenvalue weighted by Gasteiger charge is -2.13. The number of ether oxygens (including phenoxy) is 1. The minimum Gasteiger partial charge on any atom is -0.423 e. The number of hydrogen-bond acceptors (Lipinski definition) is 7. The number of amides is 2. The predicted octanol–water partition coefficient (Wildman–Crippen LogP) is 3.55. The van der Waals surface area contributed by atoms with Gasteiger partial charge in [-0.3, -0.25) is 14.3 Å². The quantitative estimate of drug-likeness (QED) is 0.355. The molecule has 0 unspecified atom stereocenters. The van der Waals surface area contributed by atoms with Gasteiger partial charge >= 0.3 is 5.97 Å². The third-order valence-corrected chi connectivity index (χ3v) is 5.38. The Morgan fingerprint density at radius 3 is 2.22 bits per heavy atom. The van der Waals surface area contributed by atoms with Crippen molar-refractivity contribution < 1.29 is 27.5 Å². The maximum atomic E-state index is 12.7. The van der Waals surface area contributed by atoms with Crippen LogP contribution < -0.4 is 20.1 Å². The second-order valence-electron chi connectivity index (χ2n) is 6.66. The first-order chi connectivity index (χ1) is 15.1. The Morgan fingerprint density at radius 2 is 1.62 bits per heavy atom. The molecule has 0 radical (unpaired) electrons. The van der Waals surface area contributed by atoms with Crippen LogP contribution in [0, 0.1) is 0 Å². The van der Waals surface area contributed by atoms with Gasteiger partial charge in [-0.1, -0.05) is 6.07 Å². The molecule has 0 aliphatic heterocycles. The van der Waals surface area contributed by atoms with Crippen molar-refractivity contribution in [2.45, 2.75) is 6.92 Å². The molecule has 0 fully saturated rings. The number of thiophene rings is 1. The lowest BCUT2D eigenvalue weighted by Crippen LogP contribution is -2.17. The molecule has 0 saturated carbocycles. The normalized spacial score (nSPS) is 10.8. The molecule has 0 aliphatic rings. The fourth-order valence-electron chi connectivity index (χ4n) is 2.65. The van der Waals surface area contributed by atoms with Crippen LogP contribution in [0.25, 0.3) is 0 Å². The number of benzene rings is 2. The maximum Gasteiger partial charge on any atom is 0.345 e. The molecule has 3 N–H and O–H groups in total. The zero-order valence-corrected chi connectivity index (χ0v) is 18.7. The number of anilines is 3. The first-order valence-electron chi connectivity index (χ1n) is 9.17. The SMILES string of the molecule is CC(=O)Nc1ccc(NS(C)(=O)=O)c(C(=O)Oc2ccc(NC(=O)c3cccs3)cc2)c1. The minimum atomic E-state index is -3.66. The lowest BCUT2D eigenvalue weighted by atomic mass is 10.1. The van der Waals surface area contributed by atoms with Crippen LogP contribution in [0.15, 0.2) is 60.0 Å². The van der Waals surface area contributed by atoms with E-state index in [0.29, 0.717) is 16.3 Å². The Hall–Kier alpha value is -3.70. The molecule has 166 valence electrons. The number of nitrogens with one attached hydrogen (secondary N) is 3. The summed E-state index contributed by atoms with van der Waals surface area (Å²) < 4.78 is 30.9. The molecule has 2 aromatic carbocycles. The number of rotatable bonds is 7. The van der Waals surface area contributed by atoms with Gasteiger partial charge in [-0.15, -0.1) is 11.3 Å². The molecule has 0 atom stereocenters. The van der Waals surface area contributed by atoms with Crippen molar-refractivity contribution in [1.82, 2.24) is 0 Å². The summed E-state index contributed by atoms with van der Waals surface area (Å²) in [5, 5.41) is 7.06. The summed E-state index contributed by atoms with van der Waals surface area (Å²) in [6.07, 6.45) is 0.951. The van der Waals surface area contributed by atoms with Gasteiger partial charge in [0.05, 0.1) is 22.4 Å². The largest absolute Gasteiger partial charge is 0.423 e. The molecule has 2 amide bonds. The number of hydrogen-bond donors (Lipinski definition) is 3. The summed E-state index contributed by atoms with van der Waals surface area (Å²) in [6.45, 7) is 1.31. The predicted molar refractivity (Wildman–Crippen MR) is 123 cm³/mol. The fourth-order valence-corrected chi connectivity index (χ4v) is 3.85. The maximum absolute atomic E-state index is 12.7. The highest BCUT2D eigenvalue weighted by atomic mass is 32.2. The first kappa shape index (κ1) is 23.0. The van der Waals surface area contributed by atoms with E-state index in [1.165, 1.54) is 48.6 Å². The van der Waals surface area contributed by atoms with Crippen LogP contribution in [0.1, 0.15) is 27.0 Å². The van der Waals surface area contributed by atoms with Crippen LogP contribution in [0.4, 0.5) is 17.1 Å². The van der Waals surface area contributed by atoms with Gasteiger partial charge in [0.2, 0.25) is 15.9 Å². The molecule has 3 aromatic rings. The van der Waals surface area contributed by atoms with E-state index in [9.17, 15) is 22.8 Å². The van der Waals surface area contributed by atoms with Crippen molar-refractivity contribution in [1.29, 1.82) is 0 Å². The summed E-state index contributed by atoms with van der Waals surface area (Å²) in [5.41, 5.74) is 0.730. The minimum absolute atomic E-state index is 0.00596. The summed E-state index contributed by atoms with van der Waals surface area (Å²) in [7, 11) is -3.66. The van der Waals surface area contributed by atoms with Gasteiger partial charge in [-0.2, -0.15) is 0 Å². The topological polar surface area (TPSA) is 131 Å². The Bertz CT molecular complexity index is 1250. The summed E-state index contributed by atoms with van der Waals surface area (Å²) >= 11 is 1.31. The van der Waals surface area contributed by atoms with Crippen LogP contribution in [-0.4, -0.2) is 32.5 Å². The summed E-state index contributed by atoms with van der Waals surface area (Å²) in [6, 6.07) is 13.7. The average molecular weight is 474 g/mol. The van der Waals surface area contributed by atoms with Crippen LogP contribution in [0.3, 0.4) is 0 Å². The number of carbonyl (C=O) groups is 3. The lowest BCUT2D eigenvalue weighted by molar-refractivity contribution is -0.114. The highest BCUT2D eigenvalue weighted by Gasteiger charge is 2.18. The van der Waals surface area contributed by atoms with E-state index in [4.69, 9.17) is 4.74 Å². The number of sulfonamides is 1. The van der Waals surface area contributed by atoms with Crippen LogP contribution in [0.5, 0.6) is 5.75 Å². The molecule has 11 heteroatoms. The molecule has 0 bridgehead atoms. The van der Waals surface area contributed by atoms with Gasteiger partial charge in [0.15, 0.2) is 0 Å². The summed E-state index contributed by atoms with van der Waals surface area (Å²) in [4.78, 5) is 36.7. The smallest absolute Gasteiger partial charge is 0.345 e. The van der Waals surface area contributed by atoms with Gasteiger partial charge in [0.1, 0.15) is 5.75 Å². The van der Waals surface area contributed by atoms with Gasteiger partial charge < -0.3 is 15.4 Å². The highest BCUT2D eigenvalue weighted by molar-refractivity contribution is 7.92. The molecule has 0 saturated heterocycles. The Kier molecular flexibility index (Phi) is 6.91. The van der Waals surface area contributed by atoms with Gasteiger partial charge in [0.25, 0.3) is 5.91 Å². The molecule has 32 heavy (non-hydrogen) atoms. The second kappa shape index (κ2) is 9.62. The van der Waals surface area contributed by atoms with Crippen molar-refractivity contribution in [3.63, 3.8) is 0 Å². The van der Waals surface area contributed by atoms with Crippen molar-refractivity contribution >= 4 is 56.2 Å². The van der Waals surface area contributed by atoms with Gasteiger partial charge in [0, 0.05) is 18.3 Å². The van der Waals surface area contributed by atoms with E-state index in [1.807, 2.05) is 0 Å². The van der Waals surface area contributed by atoms with Crippen LogP contribution >= 0.6 is 11.3 Å². The zero-order chi connectivity index (χ0) is 23.3. The Morgan fingerprint density at radius 1 is 0.938 bits per heavy atom. The molecule has 3 rings (SSSR count). The third kappa shape index (κ3) is 6.40. The van der Waals surface area contributed by atoms with E-state index in [1.54, 1.807) is 29.6 Å². The van der Waals surface area contributed by atoms with Crippen molar-refractivity contribution in [3.8, 4) is 5.75 Å². The molecule has 0 spiro atoms. The molecule has 1 aromatic heterocycles. The fraction of sp³-hybridized carbons (Fsp3) is 0.0952. The van der Waals surface area contributed by atoms with Crippen molar-refractivity contribution in [2.75, 3.05) is 21.6 Å². The number of carbonyl (C=O) groups excluding carboxylic acids is 3. The first-order valence-corrected chi connectivity index (χ1v) is 11.9. The Labute approximate surface area is 188 Å². The van der Waals surface area contributed by atoms with E-state index in [2.05, 4.69) is 15.4 Å². The van der Waals surface area contributed by atoms with Crippen LogP contribution in [-0.2, 0) is 14.8 Å². The van der Waals surface area contributed by atoms with Gasteiger partial charge in [-0.05, 0) is 53.9 Å². The second-order valence-corrected chi connectivity index (χ2v) is 9.36. The Balaban J connectivity index is 1.77. The van der Waals surface area contributed by atoms with Crippen LogP contribution in [0.2, 0.25) is 0 Å². The van der Waals surface area contributed by atoms with E-state index in [-0.39, 0.29) is 28.8 Å².